The minimum absolute atomic E-state index is 0.00571. The lowest BCUT2D eigenvalue weighted by Gasteiger charge is -2.18. The molecule has 1 aliphatic rings. The highest BCUT2D eigenvalue weighted by Crippen LogP contribution is 2.36. The first-order chi connectivity index (χ1) is 11.5. The number of unbranched alkanes of at least 4 members (excludes halogenated alkanes) is 3. The Kier molecular flexibility index (Phi) is 9.04. The fourth-order valence-corrected chi connectivity index (χ4v) is 3.05. The van der Waals surface area contributed by atoms with E-state index >= 15 is 0 Å². The fourth-order valence-electron chi connectivity index (χ4n) is 3.05. The van der Waals surface area contributed by atoms with Crippen molar-refractivity contribution in [3.63, 3.8) is 0 Å². The molecule has 0 saturated carbocycles. The van der Waals surface area contributed by atoms with Gasteiger partial charge in [0, 0.05) is 19.3 Å². The normalized spacial score (nSPS) is 19.7. The van der Waals surface area contributed by atoms with Gasteiger partial charge in [0.1, 0.15) is 0 Å². The van der Waals surface area contributed by atoms with E-state index in [1.807, 2.05) is 0 Å². The third-order valence-electron chi connectivity index (χ3n) is 4.24. The number of allylic oxidation sites excluding steroid dienone is 2. The molecule has 7 heteroatoms. The summed E-state index contributed by atoms with van der Waals surface area (Å²) in [5.74, 6) is -0.700. The lowest BCUT2D eigenvalue weighted by Crippen LogP contribution is -2.21. The molecule has 0 N–H and O–H groups in total. The Bertz CT molecular complexity index is 474. The molecule has 0 aliphatic heterocycles. The molecule has 1 aliphatic carbocycles. The van der Waals surface area contributed by atoms with E-state index in [1.165, 1.54) is 6.92 Å². The van der Waals surface area contributed by atoms with E-state index < -0.39 is 0 Å². The molecule has 24 heavy (non-hydrogen) atoms. The van der Waals surface area contributed by atoms with Crippen LogP contribution in [0, 0.1) is 22.0 Å². The molecule has 0 bridgehead atoms. The number of hydrogen-bond acceptors (Lipinski definition) is 6. The SMILES string of the molecule is CCOC(=O)CCCCCC[C@@H]1C([N+](=O)[O-])=CC[C@@H]1COC(C)=O. The number of nitro groups is 1. The molecule has 0 unspecified atom stereocenters. The van der Waals surface area contributed by atoms with Crippen LogP contribution < -0.4 is 0 Å². The van der Waals surface area contributed by atoms with Gasteiger partial charge in [-0.3, -0.25) is 19.7 Å². The number of rotatable bonds is 11. The number of carbonyl (C=O) groups excluding carboxylic acids is 2. The number of esters is 2. The molecule has 0 radical (unpaired) electrons. The van der Waals surface area contributed by atoms with Gasteiger partial charge in [0.2, 0.25) is 5.70 Å². The number of ether oxygens (including phenoxy) is 2. The summed E-state index contributed by atoms with van der Waals surface area (Å²) in [5, 5.41) is 11.1. The Morgan fingerprint density at radius 1 is 1.25 bits per heavy atom. The van der Waals surface area contributed by atoms with Crippen molar-refractivity contribution in [2.75, 3.05) is 13.2 Å². The average Bonchev–Trinajstić information content (AvgIpc) is 2.92. The molecule has 0 saturated heterocycles. The minimum atomic E-state index is -0.359. The number of hydrogen-bond donors (Lipinski definition) is 0. The first kappa shape index (κ1) is 20.1. The Morgan fingerprint density at radius 2 is 1.96 bits per heavy atom. The largest absolute Gasteiger partial charge is 0.466 e. The van der Waals surface area contributed by atoms with Gasteiger partial charge in [0.05, 0.1) is 24.1 Å². The van der Waals surface area contributed by atoms with Crippen LogP contribution >= 0.6 is 0 Å². The summed E-state index contributed by atoms with van der Waals surface area (Å²) in [7, 11) is 0. The average molecular weight is 341 g/mol. The van der Waals surface area contributed by atoms with Gasteiger partial charge in [-0.2, -0.15) is 0 Å². The van der Waals surface area contributed by atoms with E-state index in [-0.39, 0.29) is 41.0 Å². The van der Waals surface area contributed by atoms with E-state index in [4.69, 9.17) is 9.47 Å². The molecule has 0 spiro atoms. The maximum Gasteiger partial charge on any atom is 0.305 e. The first-order valence-corrected chi connectivity index (χ1v) is 8.59. The predicted octanol–water partition coefficient (Wildman–Crippen LogP) is 3.25. The molecule has 0 heterocycles. The molecule has 0 amide bonds. The van der Waals surface area contributed by atoms with Crippen LogP contribution in [0.15, 0.2) is 11.8 Å². The third-order valence-corrected chi connectivity index (χ3v) is 4.24. The smallest absolute Gasteiger partial charge is 0.305 e. The maximum atomic E-state index is 11.2. The highest BCUT2D eigenvalue weighted by Gasteiger charge is 2.37. The minimum Gasteiger partial charge on any atom is -0.466 e. The van der Waals surface area contributed by atoms with Gasteiger partial charge in [-0.15, -0.1) is 0 Å². The van der Waals surface area contributed by atoms with Crippen LogP contribution in [-0.4, -0.2) is 30.1 Å². The Hall–Kier alpha value is -1.92. The molecule has 0 fully saturated rings. The zero-order valence-electron chi connectivity index (χ0n) is 14.5. The molecule has 1 rings (SSSR count). The van der Waals surface area contributed by atoms with Crippen molar-refractivity contribution in [1.29, 1.82) is 0 Å². The van der Waals surface area contributed by atoms with Crippen molar-refractivity contribution in [2.24, 2.45) is 11.8 Å². The zero-order valence-corrected chi connectivity index (χ0v) is 14.5. The van der Waals surface area contributed by atoms with Crippen LogP contribution in [0.4, 0.5) is 0 Å². The second-order valence-corrected chi connectivity index (χ2v) is 6.05. The van der Waals surface area contributed by atoms with E-state index in [1.54, 1.807) is 13.0 Å². The van der Waals surface area contributed by atoms with Crippen LogP contribution in [0.2, 0.25) is 0 Å². The highest BCUT2D eigenvalue weighted by molar-refractivity contribution is 5.69. The fraction of sp³-hybridized carbons (Fsp3) is 0.765. The summed E-state index contributed by atoms with van der Waals surface area (Å²) < 4.78 is 9.90. The highest BCUT2D eigenvalue weighted by atomic mass is 16.6. The summed E-state index contributed by atoms with van der Waals surface area (Å²) in [5.41, 5.74) is 0.249. The second kappa shape index (κ2) is 10.8. The monoisotopic (exact) mass is 341 g/mol. The van der Waals surface area contributed by atoms with Crippen molar-refractivity contribution in [2.45, 2.75) is 58.8 Å². The summed E-state index contributed by atoms with van der Waals surface area (Å²) in [6.07, 6.45) is 6.81. The van der Waals surface area contributed by atoms with E-state index in [2.05, 4.69) is 0 Å². The van der Waals surface area contributed by atoms with Crippen LogP contribution in [0.5, 0.6) is 0 Å². The molecular weight excluding hydrogens is 314 g/mol. The molecule has 7 nitrogen and oxygen atoms in total. The van der Waals surface area contributed by atoms with Crippen molar-refractivity contribution < 1.29 is 24.0 Å². The van der Waals surface area contributed by atoms with Crippen LogP contribution in [-0.2, 0) is 19.1 Å². The number of carbonyl (C=O) groups is 2. The topological polar surface area (TPSA) is 95.7 Å². The van der Waals surface area contributed by atoms with Gasteiger partial charge in [-0.1, -0.05) is 19.3 Å². The number of nitrogens with zero attached hydrogens (tertiary/aromatic N) is 1. The lowest BCUT2D eigenvalue weighted by atomic mass is 9.89. The Balaban J connectivity index is 2.32. The molecule has 2 atom stereocenters. The van der Waals surface area contributed by atoms with Gasteiger partial charge in [-0.25, -0.2) is 0 Å². The van der Waals surface area contributed by atoms with Crippen molar-refractivity contribution in [1.82, 2.24) is 0 Å². The molecule has 0 aromatic rings. The summed E-state index contributed by atoms with van der Waals surface area (Å²) in [4.78, 5) is 33.0. The summed E-state index contributed by atoms with van der Waals surface area (Å²) in [6.45, 7) is 3.76. The zero-order chi connectivity index (χ0) is 17.9. The molecule has 0 aromatic heterocycles. The van der Waals surface area contributed by atoms with E-state index in [9.17, 15) is 19.7 Å². The quantitative estimate of drug-likeness (QED) is 0.248. The summed E-state index contributed by atoms with van der Waals surface area (Å²) in [6, 6.07) is 0. The van der Waals surface area contributed by atoms with Gasteiger partial charge in [0.25, 0.3) is 0 Å². The predicted molar refractivity (Wildman–Crippen MR) is 87.6 cm³/mol. The van der Waals surface area contributed by atoms with Crippen molar-refractivity contribution >= 4 is 11.9 Å². The second-order valence-electron chi connectivity index (χ2n) is 6.05. The van der Waals surface area contributed by atoms with E-state index in [0.717, 1.165) is 25.7 Å². The van der Waals surface area contributed by atoms with Crippen LogP contribution in [0.1, 0.15) is 58.8 Å². The molecule has 0 aromatic carbocycles. The first-order valence-electron chi connectivity index (χ1n) is 8.59. The Morgan fingerprint density at radius 3 is 2.58 bits per heavy atom. The van der Waals surface area contributed by atoms with Gasteiger partial charge >= 0.3 is 11.9 Å². The summed E-state index contributed by atoms with van der Waals surface area (Å²) >= 11 is 0. The Labute approximate surface area is 142 Å². The van der Waals surface area contributed by atoms with Crippen molar-refractivity contribution in [3.05, 3.63) is 21.9 Å². The lowest BCUT2D eigenvalue weighted by molar-refractivity contribution is -0.434. The standard InChI is InChI=1S/C17H27NO6/c1-3-23-17(20)9-7-5-4-6-8-15-14(12-24-13(2)19)10-11-16(15)18(21)22/h11,14-15H,3-10,12H2,1-2H3/t14-,15+/m1/s1. The molecular formula is C17H27NO6. The van der Waals surface area contributed by atoms with Gasteiger partial charge < -0.3 is 9.47 Å². The van der Waals surface area contributed by atoms with Crippen molar-refractivity contribution in [3.8, 4) is 0 Å². The van der Waals surface area contributed by atoms with Gasteiger partial charge in [-0.05, 0) is 32.3 Å². The van der Waals surface area contributed by atoms with Crippen LogP contribution in [0.25, 0.3) is 0 Å². The van der Waals surface area contributed by atoms with Crippen LogP contribution in [0.3, 0.4) is 0 Å². The maximum absolute atomic E-state index is 11.2. The molecule has 136 valence electrons. The third kappa shape index (κ3) is 7.10. The van der Waals surface area contributed by atoms with Gasteiger partial charge in [0.15, 0.2) is 0 Å². The van der Waals surface area contributed by atoms with E-state index in [0.29, 0.717) is 25.9 Å².